The van der Waals surface area contributed by atoms with Crippen LogP contribution in [0.25, 0.3) is 0 Å². The molecule has 5 heteroatoms. The molecule has 0 aromatic carbocycles. The van der Waals surface area contributed by atoms with Crippen molar-refractivity contribution in [3.63, 3.8) is 0 Å². The lowest BCUT2D eigenvalue weighted by Gasteiger charge is -2.10. The Bertz CT molecular complexity index is 502. The van der Waals surface area contributed by atoms with Crippen LogP contribution in [-0.2, 0) is 6.42 Å². The topological polar surface area (TPSA) is 37.8 Å². The summed E-state index contributed by atoms with van der Waals surface area (Å²) in [5.41, 5.74) is 0. The summed E-state index contributed by atoms with van der Waals surface area (Å²) in [5.74, 6) is 1.33. The van der Waals surface area contributed by atoms with E-state index >= 15 is 0 Å². The Balaban J connectivity index is 1.92. The van der Waals surface area contributed by atoms with Gasteiger partial charge in [-0.15, -0.1) is 11.3 Å². The van der Waals surface area contributed by atoms with Gasteiger partial charge in [-0.1, -0.05) is 13.8 Å². The summed E-state index contributed by atoms with van der Waals surface area (Å²) in [6.07, 6.45) is 1.04. The van der Waals surface area contributed by atoms with E-state index in [0.29, 0.717) is 12.0 Å². The van der Waals surface area contributed by atoms with Gasteiger partial charge in [0.15, 0.2) is 0 Å². The summed E-state index contributed by atoms with van der Waals surface area (Å²) in [7, 11) is 0. The van der Waals surface area contributed by atoms with Gasteiger partial charge in [0.2, 0.25) is 5.13 Å². The molecule has 3 nitrogen and oxygen atoms in total. The van der Waals surface area contributed by atoms with Crippen LogP contribution in [0.2, 0.25) is 0 Å². The second-order valence-corrected chi connectivity index (χ2v) is 7.00. The fourth-order valence-electron chi connectivity index (χ4n) is 1.69. The minimum atomic E-state index is 0.385. The maximum Gasteiger partial charge on any atom is 0.202 e. The number of rotatable bonds is 5. The predicted octanol–water partition coefficient (Wildman–Crippen LogP) is 4.07. The second kappa shape index (κ2) is 5.80. The Kier molecular flexibility index (Phi) is 4.35. The molecule has 18 heavy (non-hydrogen) atoms. The van der Waals surface area contributed by atoms with Gasteiger partial charge in [-0.2, -0.15) is 4.37 Å². The first kappa shape index (κ1) is 13.5. The van der Waals surface area contributed by atoms with E-state index in [1.165, 1.54) is 21.3 Å². The molecule has 0 fully saturated rings. The molecule has 0 saturated carbocycles. The third-order valence-electron chi connectivity index (χ3n) is 2.63. The summed E-state index contributed by atoms with van der Waals surface area (Å²) < 4.78 is 4.35. The first-order valence-corrected chi connectivity index (χ1v) is 7.79. The second-order valence-electron chi connectivity index (χ2n) is 4.87. The highest BCUT2D eigenvalue weighted by Gasteiger charge is 2.10. The molecular weight excluding hydrogens is 262 g/mol. The molecule has 2 aromatic rings. The number of hydrogen-bond donors (Lipinski definition) is 1. The molecule has 0 bridgehead atoms. The van der Waals surface area contributed by atoms with Gasteiger partial charge in [0.05, 0.1) is 0 Å². The van der Waals surface area contributed by atoms with Gasteiger partial charge in [0.1, 0.15) is 5.82 Å². The zero-order valence-corrected chi connectivity index (χ0v) is 12.9. The van der Waals surface area contributed by atoms with Crippen molar-refractivity contribution in [2.45, 2.75) is 46.1 Å². The third kappa shape index (κ3) is 3.53. The van der Waals surface area contributed by atoms with Crippen molar-refractivity contribution in [1.29, 1.82) is 0 Å². The lowest BCUT2D eigenvalue weighted by molar-refractivity contribution is 0.780. The van der Waals surface area contributed by atoms with Gasteiger partial charge in [-0.25, -0.2) is 4.98 Å². The third-order valence-corrected chi connectivity index (χ3v) is 4.31. The summed E-state index contributed by atoms with van der Waals surface area (Å²) in [5, 5.41) is 4.36. The van der Waals surface area contributed by atoms with Gasteiger partial charge in [-0.3, -0.25) is 0 Å². The first-order chi connectivity index (χ1) is 8.54. The zero-order chi connectivity index (χ0) is 13.1. The van der Waals surface area contributed by atoms with E-state index in [-0.39, 0.29) is 0 Å². The lowest BCUT2D eigenvalue weighted by atomic mass is 10.2. The van der Waals surface area contributed by atoms with Crippen molar-refractivity contribution < 1.29 is 0 Å². The van der Waals surface area contributed by atoms with Crippen molar-refractivity contribution in [2.24, 2.45) is 0 Å². The van der Waals surface area contributed by atoms with Crippen molar-refractivity contribution >= 4 is 28.0 Å². The summed E-state index contributed by atoms with van der Waals surface area (Å²) in [6.45, 7) is 8.56. The normalized spacial score (nSPS) is 12.9. The van der Waals surface area contributed by atoms with Crippen molar-refractivity contribution in [3.05, 3.63) is 27.7 Å². The highest BCUT2D eigenvalue weighted by molar-refractivity contribution is 7.11. The van der Waals surface area contributed by atoms with Crippen LogP contribution in [0, 0.1) is 6.92 Å². The van der Waals surface area contributed by atoms with E-state index in [2.05, 4.69) is 54.5 Å². The average molecular weight is 281 g/mol. The highest BCUT2D eigenvalue weighted by atomic mass is 32.1. The molecule has 0 aliphatic carbocycles. The number of nitrogens with zero attached hydrogens (tertiary/aromatic N) is 2. The standard InChI is InChI=1S/C13H19N3S2/c1-8(2)12-15-13(18-16-12)14-9(3)7-11-6-5-10(4)17-11/h5-6,8-9H,7H2,1-4H3,(H,14,15,16). The molecule has 98 valence electrons. The minimum absolute atomic E-state index is 0.385. The lowest BCUT2D eigenvalue weighted by Crippen LogP contribution is -2.17. The van der Waals surface area contributed by atoms with Crippen molar-refractivity contribution in [1.82, 2.24) is 9.36 Å². The number of anilines is 1. The fraction of sp³-hybridized carbons (Fsp3) is 0.538. The molecular formula is C13H19N3S2. The van der Waals surface area contributed by atoms with Crippen LogP contribution < -0.4 is 5.32 Å². The Hall–Kier alpha value is -0.940. The number of nitrogens with one attached hydrogen (secondary N) is 1. The summed E-state index contributed by atoms with van der Waals surface area (Å²) >= 11 is 3.32. The molecule has 0 aliphatic rings. The molecule has 1 unspecified atom stereocenters. The van der Waals surface area contributed by atoms with Crippen LogP contribution in [-0.4, -0.2) is 15.4 Å². The van der Waals surface area contributed by atoms with Crippen LogP contribution in [0.15, 0.2) is 12.1 Å². The Labute approximate surface area is 116 Å². The maximum atomic E-state index is 4.50. The van der Waals surface area contributed by atoms with Gasteiger partial charge < -0.3 is 5.32 Å². The Morgan fingerprint density at radius 2 is 2.06 bits per heavy atom. The molecule has 2 aromatic heterocycles. The molecule has 0 radical (unpaired) electrons. The average Bonchev–Trinajstić information content (AvgIpc) is 2.88. The number of aryl methyl sites for hydroxylation is 1. The quantitative estimate of drug-likeness (QED) is 0.897. The van der Waals surface area contributed by atoms with Gasteiger partial charge in [0.25, 0.3) is 0 Å². The van der Waals surface area contributed by atoms with E-state index < -0.39 is 0 Å². The predicted molar refractivity (Wildman–Crippen MR) is 79.8 cm³/mol. The van der Waals surface area contributed by atoms with Crippen LogP contribution in [0.1, 0.15) is 42.3 Å². The number of aromatic nitrogens is 2. The van der Waals surface area contributed by atoms with E-state index in [9.17, 15) is 0 Å². The molecule has 0 saturated heterocycles. The molecule has 0 aliphatic heterocycles. The first-order valence-electron chi connectivity index (χ1n) is 6.20. The number of hydrogen-bond acceptors (Lipinski definition) is 5. The van der Waals surface area contributed by atoms with E-state index in [1.54, 1.807) is 0 Å². The SMILES string of the molecule is Cc1ccc(CC(C)Nc2nc(C(C)C)ns2)s1. The van der Waals surface area contributed by atoms with E-state index in [1.807, 2.05) is 11.3 Å². The van der Waals surface area contributed by atoms with Crippen LogP contribution in [0.3, 0.4) is 0 Å². The maximum absolute atomic E-state index is 4.50. The Morgan fingerprint density at radius 3 is 2.61 bits per heavy atom. The van der Waals surface area contributed by atoms with Gasteiger partial charge >= 0.3 is 0 Å². The van der Waals surface area contributed by atoms with E-state index in [0.717, 1.165) is 17.4 Å². The van der Waals surface area contributed by atoms with Crippen LogP contribution >= 0.6 is 22.9 Å². The number of thiophene rings is 1. The molecule has 2 heterocycles. The molecule has 1 N–H and O–H groups in total. The molecule has 0 amide bonds. The zero-order valence-electron chi connectivity index (χ0n) is 11.2. The van der Waals surface area contributed by atoms with Crippen molar-refractivity contribution in [3.8, 4) is 0 Å². The van der Waals surface area contributed by atoms with Crippen molar-refractivity contribution in [2.75, 3.05) is 5.32 Å². The van der Waals surface area contributed by atoms with E-state index in [4.69, 9.17) is 0 Å². The van der Waals surface area contributed by atoms with Crippen LogP contribution in [0.4, 0.5) is 5.13 Å². The molecule has 0 spiro atoms. The monoisotopic (exact) mass is 281 g/mol. The smallest absolute Gasteiger partial charge is 0.202 e. The van der Waals surface area contributed by atoms with Crippen LogP contribution in [0.5, 0.6) is 0 Å². The summed E-state index contributed by atoms with van der Waals surface area (Å²) in [6, 6.07) is 4.77. The highest BCUT2D eigenvalue weighted by Crippen LogP contribution is 2.21. The van der Waals surface area contributed by atoms with Gasteiger partial charge in [0, 0.05) is 39.7 Å². The minimum Gasteiger partial charge on any atom is -0.357 e. The molecule has 1 atom stereocenters. The Morgan fingerprint density at radius 1 is 1.28 bits per heavy atom. The fourth-order valence-corrected chi connectivity index (χ4v) is 3.53. The summed E-state index contributed by atoms with van der Waals surface area (Å²) in [4.78, 5) is 7.28. The van der Waals surface area contributed by atoms with Gasteiger partial charge in [-0.05, 0) is 26.0 Å². The molecule has 2 rings (SSSR count). The largest absolute Gasteiger partial charge is 0.357 e.